The lowest BCUT2D eigenvalue weighted by molar-refractivity contribution is 0.0637. The van der Waals surface area contributed by atoms with Gasteiger partial charge >= 0.3 is 0 Å². The zero-order valence-electron chi connectivity index (χ0n) is 15.2. The normalized spacial score (nSPS) is 41.3. The van der Waals surface area contributed by atoms with Crippen molar-refractivity contribution in [3.8, 4) is 0 Å². The van der Waals surface area contributed by atoms with Crippen LogP contribution in [0.2, 0.25) is 0 Å². The van der Waals surface area contributed by atoms with E-state index in [1.165, 1.54) is 50.5 Å². The molecule has 0 aromatic heterocycles. The van der Waals surface area contributed by atoms with E-state index in [0.29, 0.717) is 5.41 Å². The zero-order valence-corrected chi connectivity index (χ0v) is 15.2. The number of fused-ring (bicyclic) bond motifs is 5. The van der Waals surface area contributed by atoms with Gasteiger partial charge in [0, 0.05) is 0 Å². The average molecular weight is 309 g/mol. The molecule has 0 nitrogen and oxygen atoms in total. The Bertz CT molecular complexity index is 612. The molecule has 124 valence electrons. The van der Waals surface area contributed by atoms with Crippen LogP contribution in [0.15, 0.2) is 46.6 Å². The van der Waals surface area contributed by atoms with Gasteiger partial charge in [-0.3, -0.25) is 0 Å². The van der Waals surface area contributed by atoms with Crippen LogP contribution in [0.1, 0.15) is 72.1 Å². The van der Waals surface area contributed by atoms with Crippen LogP contribution < -0.4 is 0 Å². The summed E-state index contributed by atoms with van der Waals surface area (Å²) in [6, 6.07) is 0. The molecule has 0 heteroatoms. The second-order valence-electron chi connectivity index (χ2n) is 8.56. The predicted octanol–water partition coefficient (Wildman–Crippen LogP) is 6.76. The third-order valence-corrected chi connectivity index (χ3v) is 7.43. The molecule has 0 amide bonds. The minimum absolute atomic E-state index is 0.526. The highest BCUT2D eigenvalue weighted by Crippen LogP contribution is 2.62. The summed E-state index contributed by atoms with van der Waals surface area (Å²) < 4.78 is 0. The van der Waals surface area contributed by atoms with Crippen LogP contribution in [0.25, 0.3) is 0 Å². The van der Waals surface area contributed by atoms with Crippen molar-refractivity contribution in [2.75, 3.05) is 0 Å². The zero-order chi connectivity index (χ0) is 16.0. The van der Waals surface area contributed by atoms with Gasteiger partial charge in [-0.25, -0.2) is 0 Å². The summed E-state index contributed by atoms with van der Waals surface area (Å²) in [6.07, 6.45) is 20.8. The van der Waals surface area contributed by atoms with E-state index in [1.54, 1.807) is 16.7 Å². The van der Waals surface area contributed by atoms with Gasteiger partial charge in [-0.1, -0.05) is 49.3 Å². The Morgan fingerprint density at radius 2 is 2.04 bits per heavy atom. The van der Waals surface area contributed by atoms with Crippen molar-refractivity contribution in [2.45, 2.75) is 72.1 Å². The predicted molar refractivity (Wildman–Crippen MR) is 99.2 cm³/mol. The fourth-order valence-electron chi connectivity index (χ4n) is 6.35. The smallest absolute Gasteiger partial charge is 0.00850 e. The van der Waals surface area contributed by atoms with Gasteiger partial charge in [-0.15, -0.1) is 0 Å². The molecule has 4 rings (SSSR count). The largest absolute Gasteiger partial charge is 0.0850 e. The monoisotopic (exact) mass is 308 g/mol. The topological polar surface area (TPSA) is 0 Å². The molecule has 0 bridgehead atoms. The first-order valence-electron chi connectivity index (χ1n) is 9.90. The van der Waals surface area contributed by atoms with Crippen molar-refractivity contribution in [2.24, 2.45) is 23.2 Å². The SMILES string of the molecule is CC/C=C1/CCC2C3CCC4=CC(C)=CCC=C4C3CCC12C. The minimum Gasteiger partial charge on any atom is -0.0850 e. The molecule has 0 N–H and O–H groups in total. The Morgan fingerprint density at radius 1 is 1.17 bits per heavy atom. The Kier molecular flexibility index (Phi) is 3.90. The Hall–Kier alpha value is -1.04. The van der Waals surface area contributed by atoms with Crippen molar-refractivity contribution < 1.29 is 0 Å². The molecule has 0 aliphatic heterocycles. The van der Waals surface area contributed by atoms with Crippen molar-refractivity contribution in [1.29, 1.82) is 0 Å². The van der Waals surface area contributed by atoms with E-state index < -0.39 is 0 Å². The molecular weight excluding hydrogens is 276 g/mol. The van der Waals surface area contributed by atoms with Crippen molar-refractivity contribution in [3.63, 3.8) is 0 Å². The molecule has 23 heavy (non-hydrogen) atoms. The van der Waals surface area contributed by atoms with Gasteiger partial charge < -0.3 is 0 Å². The molecule has 4 aliphatic carbocycles. The van der Waals surface area contributed by atoms with Crippen LogP contribution in [-0.2, 0) is 0 Å². The molecule has 0 radical (unpaired) electrons. The Balaban J connectivity index is 1.65. The number of hydrogen-bond donors (Lipinski definition) is 0. The van der Waals surface area contributed by atoms with E-state index in [1.807, 2.05) is 0 Å². The fourth-order valence-corrected chi connectivity index (χ4v) is 6.35. The second kappa shape index (κ2) is 5.80. The van der Waals surface area contributed by atoms with Gasteiger partial charge in [0.15, 0.2) is 0 Å². The van der Waals surface area contributed by atoms with Gasteiger partial charge in [-0.2, -0.15) is 0 Å². The highest BCUT2D eigenvalue weighted by Gasteiger charge is 2.52. The maximum absolute atomic E-state index is 2.60. The van der Waals surface area contributed by atoms with E-state index in [9.17, 15) is 0 Å². The average Bonchev–Trinajstić information content (AvgIpc) is 2.74. The van der Waals surface area contributed by atoms with E-state index in [0.717, 1.165) is 24.2 Å². The first kappa shape index (κ1) is 15.5. The van der Waals surface area contributed by atoms with Gasteiger partial charge in [0.05, 0.1) is 0 Å². The lowest BCUT2D eigenvalue weighted by Crippen LogP contribution is -2.41. The summed E-state index contributed by atoms with van der Waals surface area (Å²) in [5, 5.41) is 0. The first-order chi connectivity index (χ1) is 11.1. The fraction of sp³-hybridized carbons (Fsp3) is 0.652. The molecular formula is C23H32. The summed E-state index contributed by atoms with van der Waals surface area (Å²) in [4.78, 5) is 0. The van der Waals surface area contributed by atoms with E-state index in [-0.39, 0.29) is 0 Å². The van der Waals surface area contributed by atoms with E-state index in [4.69, 9.17) is 0 Å². The minimum atomic E-state index is 0.526. The van der Waals surface area contributed by atoms with Crippen LogP contribution in [0, 0.1) is 23.2 Å². The molecule has 0 spiro atoms. The molecule has 0 aromatic rings. The van der Waals surface area contributed by atoms with Gasteiger partial charge in [0.2, 0.25) is 0 Å². The van der Waals surface area contributed by atoms with Crippen molar-refractivity contribution in [3.05, 3.63) is 46.6 Å². The highest BCUT2D eigenvalue weighted by molar-refractivity contribution is 5.44. The number of rotatable bonds is 1. The van der Waals surface area contributed by atoms with Gasteiger partial charge in [0.1, 0.15) is 0 Å². The summed E-state index contributed by atoms with van der Waals surface area (Å²) >= 11 is 0. The van der Waals surface area contributed by atoms with E-state index in [2.05, 4.69) is 45.1 Å². The summed E-state index contributed by atoms with van der Waals surface area (Å²) in [7, 11) is 0. The molecule has 0 aromatic carbocycles. The molecule has 4 atom stereocenters. The molecule has 4 aliphatic rings. The van der Waals surface area contributed by atoms with Crippen LogP contribution in [0.5, 0.6) is 0 Å². The van der Waals surface area contributed by atoms with Crippen LogP contribution in [0.3, 0.4) is 0 Å². The van der Waals surface area contributed by atoms with Crippen LogP contribution in [-0.4, -0.2) is 0 Å². The first-order valence-corrected chi connectivity index (χ1v) is 9.90. The van der Waals surface area contributed by atoms with Gasteiger partial charge in [0.25, 0.3) is 0 Å². The maximum atomic E-state index is 2.60. The van der Waals surface area contributed by atoms with Crippen LogP contribution >= 0.6 is 0 Å². The second-order valence-corrected chi connectivity index (χ2v) is 8.56. The summed E-state index contributed by atoms with van der Waals surface area (Å²) in [6.45, 7) is 7.17. The molecule has 3 fully saturated rings. The highest BCUT2D eigenvalue weighted by atomic mass is 14.6. The quantitative estimate of drug-likeness (QED) is 0.469. The molecule has 0 saturated heterocycles. The van der Waals surface area contributed by atoms with Crippen molar-refractivity contribution in [1.82, 2.24) is 0 Å². The lowest BCUT2D eigenvalue weighted by atomic mass is 9.54. The third kappa shape index (κ3) is 2.41. The summed E-state index contributed by atoms with van der Waals surface area (Å²) in [5.74, 6) is 2.74. The molecule has 3 saturated carbocycles. The molecule has 0 heterocycles. The van der Waals surface area contributed by atoms with Crippen LogP contribution in [0.4, 0.5) is 0 Å². The number of allylic oxidation sites excluding steroid dienone is 8. The Labute approximate surface area is 142 Å². The number of hydrogen-bond acceptors (Lipinski definition) is 0. The van der Waals surface area contributed by atoms with Crippen molar-refractivity contribution >= 4 is 0 Å². The lowest BCUT2D eigenvalue weighted by Gasteiger charge is -2.50. The standard InChI is InChI=1S/C23H32/c1-4-6-18-10-12-22-21-11-9-17-15-16(2)7-5-8-19(17)20(21)13-14-23(18,22)3/h6-8,15,20-22H,4-5,9-14H2,1-3H3/b18-6-. The van der Waals surface area contributed by atoms with Gasteiger partial charge in [-0.05, 0) is 92.6 Å². The maximum Gasteiger partial charge on any atom is -0.00850 e. The van der Waals surface area contributed by atoms with E-state index >= 15 is 0 Å². The third-order valence-electron chi connectivity index (χ3n) is 7.43. The molecule has 4 unspecified atom stereocenters. The Morgan fingerprint density at radius 3 is 2.87 bits per heavy atom. The summed E-state index contributed by atoms with van der Waals surface area (Å²) in [5.41, 5.74) is 7.21.